The van der Waals surface area contributed by atoms with Crippen molar-refractivity contribution < 1.29 is 9.53 Å². The van der Waals surface area contributed by atoms with Crippen molar-refractivity contribution in [2.75, 3.05) is 6.61 Å². The zero-order chi connectivity index (χ0) is 15.8. The van der Waals surface area contributed by atoms with Crippen LogP contribution in [0.2, 0.25) is 0 Å². The van der Waals surface area contributed by atoms with Gasteiger partial charge in [-0.1, -0.05) is 60.7 Å². The van der Waals surface area contributed by atoms with Gasteiger partial charge in [-0.15, -0.1) is 0 Å². The van der Waals surface area contributed by atoms with Crippen LogP contribution in [-0.4, -0.2) is 23.5 Å². The number of nitrogens with zero attached hydrogens (tertiary/aromatic N) is 1. The summed E-state index contributed by atoms with van der Waals surface area (Å²) in [5.41, 5.74) is 2.24. The standard InChI is InChI=1S/C19H23NO2/c1-16(2)22-15-19(21)20(13-17-9-5-3-6-10-17)14-18-11-7-4-8-12-18/h3-12,16H,13-15H2,1-2H3. The van der Waals surface area contributed by atoms with Gasteiger partial charge in [0.15, 0.2) is 0 Å². The summed E-state index contributed by atoms with van der Waals surface area (Å²) in [5.74, 6) is 0.0152. The Hall–Kier alpha value is -2.13. The first kappa shape index (κ1) is 16.2. The lowest BCUT2D eigenvalue weighted by atomic mass is 10.1. The molecule has 3 nitrogen and oxygen atoms in total. The van der Waals surface area contributed by atoms with Crippen LogP contribution in [0.25, 0.3) is 0 Å². The molecule has 116 valence electrons. The molecule has 0 fully saturated rings. The molecule has 2 aromatic carbocycles. The van der Waals surface area contributed by atoms with E-state index in [0.29, 0.717) is 13.1 Å². The number of carbonyl (C=O) groups excluding carboxylic acids is 1. The van der Waals surface area contributed by atoms with Crippen molar-refractivity contribution in [3.05, 3.63) is 71.8 Å². The molecule has 2 aromatic rings. The Balaban J connectivity index is 2.07. The summed E-state index contributed by atoms with van der Waals surface area (Å²) < 4.78 is 5.47. The van der Waals surface area contributed by atoms with Crippen LogP contribution in [0.4, 0.5) is 0 Å². The van der Waals surface area contributed by atoms with Crippen LogP contribution >= 0.6 is 0 Å². The highest BCUT2D eigenvalue weighted by atomic mass is 16.5. The van der Waals surface area contributed by atoms with E-state index in [0.717, 1.165) is 11.1 Å². The quantitative estimate of drug-likeness (QED) is 0.781. The molecule has 0 saturated heterocycles. The van der Waals surface area contributed by atoms with Crippen molar-refractivity contribution in [1.29, 1.82) is 0 Å². The molecule has 22 heavy (non-hydrogen) atoms. The van der Waals surface area contributed by atoms with E-state index >= 15 is 0 Å². The average molecular weight is 297 g/mol. The van der Waals surface area contributed by atoms with Crippen LogP contribution in [0.5, 0.6) is 0 Å². The molecule has 0 bridgehead atoms. The second-order valence-electron chi connectivity index (χ2n) is 5.58. The molecule has 0 spiro atoms. The van der Waals surface area contributed by atoms with Crippen molar-refractivity contribution in [3.8, 4) is 0 Å². The fraction of sp³-hybridized carbons (Fsp3) is 0.316. The Labute approximate surface area is 132 Å². The van der Waals surface area contributed by atoms with Crippen molar-refractivity contribution >= 4 is 5.91 Å². The molecule has 0 saturated carbocycles. The Kier molecular flexibility index (Phi) is 6.16. The summed E-state index contributed by atoms with van der Waals surface area (Å²) in [6.07, 6.45) is 0.0549. The molecule has 2 rings (SSSR count). The number of ether oxygens (including phenoxy) is 1. The molecule has 0 heterocycles. The molecule has 0 aliphatic rings. The van der Waals surface area contributed by atoms with Gasteiger partial charge in [0, 0.05) is 13.1 Å². The lowest BCUT2D eigenvalue weighted by molar-refractivity contribution is -0.138. The number of amides is 1. The maximum absolute atomic E-state index is 12.5. The molecule has 0 aromatic heterocycles. The molecule has 0 N–H and O–H groups in total. The van der Waals surface area contributed by atoms with Gasteiger partial charge in [0.05, 0.1) is 6.10 Å². The van der Waals surface area contributed by atoms with Crippen molar-refractivity contribution in [2.45, 2.75) is 33.0 Å². The Morgan fingerprint density at radius 2 is 1.36 bits per heavy atom. The van der Waals surface area contributed by atoms with E-state index in [1.54, 1.807) is 0 Å². The molecule has 3 heteroatoms. The highest BCUT2D eigenvalue weighted by molar-refractivity contribution is 5.77. The van der Waals surface area contributed by atoms with Crippen molar-refractivity contribution in [1.82, 2.24) is 4.90 Å². The van der Waals surface area contributed by atoms with E-state index in [4.69, 9.17) is 4.74 Å². The maximum Gasteiger partial charge on any atom is 0.249 e. The van der Waals surface area contributed by atoms with Gasteiger partial charge >= 0.3 is 0 Å². The van der Waals surface area contributed by atoms with Gasteiger partial charge in [0.2, 0.25) is 5.91 Å². The van der Waals surface area contributed by atoms with Crippen LogP contribution in [0.15, 0.2) is 60.7 Å². The summed E-state index contributed by atoms with van der Waals surface area (Å²) in [7, 11) is 0. The summed E-state index contributed by atoms with van der Waals surface area (Å²) in [4.78, 5) is 14.3. The topological polar surface area (TPSA) is 29.5 Å². The molecular weight excluding hydrogens is 274 g/mol. The van der Waals surface area contributed by atoms with E-state index in [2.05, 4.69) is 0 Å². The van der Waals surface area contributed by atoms with Gasteiger partial charge in [0.25, 0.3) is 0 Å². The van der Waals surface area contributed by atoms with Gasteiger partial charge < -0.3 is 9.64 Å². The van der Waals surface area contributed by atoms with Crippen LogP contribution in [0.3, 0.4) is 0 Å². The largest absolute Gasteiger partial charge is 0.369 e. The van der Waals surface area contributed by atoms with Crippen molar-refractivity contribution in [3.63, 3.8) is 0 Å². The predicted molar refractivity (Wildman–Crippen MR) is 88.2 cm³/mol. The molecular formula is C19H23NO2. The lowest BCUT2D eigenvalue weighted by Crippen LogP contribution is -2.33. The van der Waals surface area contributed by atoms with E-state index < -0.39 is 0 Å². The molecule has 1 amide bonds. The van der Waals surface area contributed by atoms with Crippen LogP contribution in [0, 0.1) is 0 Å². The first-order chi connectivity index (χ1) is 10.6. The Morgan fingerprint density at radius 3 is 1.77 bits per heavy atom. The zero-order valence-corrected chi connectivity index (χ0v) is 13.2. The molecule has 0 unspecified atom stereocenters. The molecule has 0 atom stereocenters. The monoisotopic (exact) mass is 297 g/mol. The minimum absolute atomic E-state index is 0.0152. The summed E-state index contributed by atoms with van der Waals surface area (Å²) in [6, 6.07) is 20.1. The molecule has 0 aliphatic heterocycles. The normalized spacial score (nSPS) is 10.7. The lowest BCUT2D eigenvalue weighted by Gasteiger charge is -2.23. The summed E-state index contributed by atoms with van der Waals surface area (Å²) in [5, 5.41) is 0. The first-order valence-corrected chi connectivity index (χ1v) is 7.62. The SMILES string of the molecule is CC(C)OCC(=O)N(Cc1ccccc1)Cc1ccccc1. The third-order valence-electron chi connectivity index (χ3n) is 3.33. The number of hydrogen-bond acceptors (Lipinski definition) is 2. The Morgan fingerprint density at radius 1 is 0.909 bits per heavy atom. The predicted octanol–water partition coefficient (Wildman–Crippen LogP) is 3.64. The maximum atomic E-state index is 12.5. The number of benzene rings is 2. The zero-order valence-electron chi connectivity index (χ0n) is 13.2. The highest BCUT2D eigenvalue weighted by Gasteiger charge is 2.15. The fourth-order valence-corrected chi connectivity index (χ4v) is 2.17. The van der Waals surface area contributed by atoms with Gasteiger partial charge in [0.1, 0.15) is 6.61 Å². The van der Waals surface area contributed by atoms with Gasteiger partial charge in [-0.3, -0.25) is 4.79 Å². The molecule has 0 radical (unpaired) electrons. The second-order valence-corrected chi connectivity index (χ2v) is 5.58. The van der Waals surface area contributed by atoms with Gasteiger partial charge in [-0.05, 0) is 25.0 Å². The fourth-order valence-electron chi connectivity index (χ4n) is 2.17. The highest BCUT2D eigenvalue weighted by Crippen LogP contribution is 2.11. The van der Waals surface area contributed by atoms with Crippen LogP contribution in [0.1, 0.15) is 25.0 Å². The third kappa shape index (κ3) is 5.34. The summed E-state index contributed by atoms with van der Waals surface area (Å²) >= 11 is 0. The number of hydrogen-bond donors (Lipinski definition) is 0. The van der Waals surface area contributed by atoms with Gasteiger partial charge in [-0.25, -0.2) is 0 Å². The molecule has 0 aliphatic carbocycles. The van der Waals surface area contributed by atoms with E-state index in [9.17, 15) is 4.79 Å². The Bertz CT molecular complexity index is 525. The second kappa shape index (κ2) is 8.35. The van der Waals surface area contributed by atoms with E-state index in [1.807, 2.05) is 79.4 Å². The number of rotatable bonds is 7. The van der Waals surface area contributed by atoms with Gasteiger partial charge in [-0.2, -0.15) is 0 Å². The average Bonchev–Trinajstić information content (AvgIpc) is 2.54. The van der Waals surface area contributed by atoms with E-state index in [1.165, 1.54) is 0 Å². The minimum Gasteiger partial charge on any atom is -0.369 e. The minimum atomic E-state index is 0.0152. The van der Waals surface area contributed by atoms with Crippen molar-refractivity contribution in [2.24, 2.45) is 0 Å². The summed E-state index contributed by atoms with van der Waals surface area (Å²) in [6.45, 7) is 5.18. The number of carbonyl (C=O) groups is 1. The van der Waals surface area contributed by atoms with E-state index in [-0.39, 0.29) is 18.6 Å². The first-order valence-electron chi connectivity index (χ1n) is 7.62. The van der Waals surface area contributed by atoms with Crippen LogP contribution < -0.4 is 0 Å². The third-order valence-corrected chi connectivity index (χ3v) is 3.33. The van der Waals surface area contributed by atoms with Crippen LogP contribution in [-0.2, 0) is 22.6 Å². The smallest absolute Gasteiger partial charge is 0.249 e.